The molecule has 1 fully saturated rings. The summed E-state index contributed by atoms with van der Waals surface area (Å²) in [5, 5.41) is 0. The molecule has 0 N–H and O–H groups in total. The van der Waals surface area contributed by atoms with E-state index in [0.717, 1.165) is 49.5 Å². The molecule has 0 spiro atoms. The van der Waals surface area contributed by atoms with Crippen molar-refractivity contribution < 1.29 is 14.0 Å². The molecule has 0 saturated carbocycles. The molecule has 0 unspecified atom stereocenters. The predicted octanol–water partition coefficient (Wildman–Crippen LogP) is 5.25. The van der Waals surface area contributed by atoms with Gasteiger partial charge in [0.2, 0.25) is 0 Å². The van der Waals surface area contributed by atoms with E-state index >= 15 is 0 Å². The lowest BCUT2D eigenvalue weighted by Crippen LogP contribution is -2.54. The van der Waals surface area contributed by atoms with Crippen LogP contribution >= 0.6 is 0 Å². The molecule has 1 aliphatic rings. The molecule has 1 aliphatic heterocycles. The summed E-state index contributed by atoms with van der Waals surface area (Å²) in [4.78, 5) is 0. The van der Waals surface area contributed by atoms with E-state index < -0.39 is 0 Å². The van der Waals surface area contributed by atoms with Gasteiger partial charge in [-0.1, -0.05) is 72.8 Å². The Hall–Kier alpha value is -2.62. The van der Waals surface area contributed by atoms with Gasteiger partial charge in [0.25, 0.3) is 0 Å². The molecular weight excluding hydrogens is 370 g/mol. The zero-order valence-corrected chi connectivity index (χ0v) is 17.7. The standard InChI is InChI=1S/C27H32NO2/c1-3-8-25(9-4-1)22-28(18-20-29-21-19-28)17-7-10-24-13-15-26(16-14-24)23-30-27-11-5-2-6-12-27/h1-6,8-9,11-16H,7,10,17-23H2/q+1. The Morgan fingerprint density at radius 2 is 1.33 bits per heavy atom. The van der Waals surface area contributed by atoms with Crippen molar-refractivity contribution in [2.75, 3.05) is 32.8 Å². The molecule has 0 amide bonds. The van der Waals surface area contributed by atoms with Crippen LogP contribution in [0.5, 0.6) is 5.75 Å². The van der Waals surface area contributed by atoms with E-state index in [1.54, 1.807) is 0 Å². The fourth-order valence-electron chi connectivity index (χ4n) is 4.27. The zero-order chi connectivity index (χ0) is 20.5. The van der Waals surface area contributed by atoms with Gasteiger partial charge in [-0.15, -0.1) is 0 Å². The second-order valence-electron chi connectivity index (χ2n) is 8.29. The SMILES string of the molecule is c1ccc(C[N+]2(CCCc3ccc(COc4ccccc4)cc3)CCOCC2)cc1. The third-order valence-electron chi connectivity index (χ3n) is 6.05. The number of hydrogen-bond donors (Lipinski definition) is 0. The number of para-hydroxylation sites is 1. The van der Waals surface area contributed by atoms with Crippen LogP contribution in [0.25, 0.3) is 0 Å². The molecule has 1 heterocycles. The maximum atomic E-state index is 5.85. The Morgan fingerprint density at radius 3 is 2.03 bits per heavy atom. The molecular formula is C27H32NO2+. The highest BCUT2D eigenvalue weighted by atomic mass is 16.5. The molecule has 0 atom stereocenters. The minimum Gasteiger partial charge on any atom is -0.489 e. The maximum absolute atomic E-state index is 5.85. The van der Waals surface area contributed by atoms with Gasteiger partial charge in [-0.2, -0.15) is 0 Å². The highest BCUT2D eigenvalue weighted by Crippen LogP contribution is 2.20. The van der Waals surface area contributed by atoms with Crippen molar-refractivity contribution in [3.63, 3.8) is 0 Å². The first-order valence-electron chi connectivity index (χ1n) is 11.0. The van der Waals surface area contributed by atoms with Gasteiger partial charge in [-0.05, 0) is 29.7 Å². The summed E-state index contributed by atoms with van der Waals surface area (Å²) in [5.41, 5.74) is 4.05. The molecule has 4 rings (SSSR count). The van der Waals surface area contributed by atoms with Crippen molar-refractivity contribution >= 4 is 0 Å². The third kappa shape index (κ3) is 5.94. The summed E-state index contributed by atoms with van der Waals surface area (Å²) in [6.07, 6.45) is 2.32. The minimum absolute atomic E-state index is 0.612. The highest BCUT2D eigenvalue weighted by molar-refractivity contribution is 5.24. The Balaban J connectivity index is 1.28. The Labute approximate surface area is 180 Å². The van der Waals surface area contributed by atoms with E-state index in [2.05, 4.69) is 54.6 Å². The minimum atomic E-state index is 0.612. The van der Waals surface area contributed by atoms with Crippen LogP contribution in [0.1, 0.15) is 23.1 Å². The van der Waals surface area contributed by atoms with E-state index in [1.807, 2.05) is 30.3 Å². The number of ether oxygens (including phenoxy) is 2. The van der Waals surface area contributed by atoms with Gasteiger partial charge in [-0.25, -0.2) is 0 Å². The van der Waals surface area contributed by atoms with Gasteiger partial charge in [-0.3, -0.25) is 0 Å². The monoisotopic (exact) mass is 402 g/mol. The molecule has 30 heavy (non-hydrogen) atoms. The van der Waals surface area contributed by atoms with Crippen LogP contribution in [-0.4, -0.2) is 37.3 Å². The number of rotatable bonds is 9. The Morgan fingerprint density at radius 1 is 0.700 bits per heavy atom. The Bertz CT molecular complexity index is 872. The second-order valence-corrected chi connectivity index (χ2v) is 8.29. The summed E-state index contributed by atoms with van der Waals surface area (Å²) in [5.74, 6) is 0.916. The van der Waals surface area contributed by atoms with Crippen LogP contribution < -0.4 is 4.74 Å². The second kappa shape index (κ2) is 10.4. The molecule has 0 radical (unpaired) electrons. The zero-order valence-electron chi connectivity index (χ0n) is 17.7. The predicted molar refractivity (Wildman–Crippen MR) is 121 cm³/mol. The van der Waals surface area contributed by atoms with Crippen LogP contribution in [0.3, 0.4) is 0 Å². The lowest BCUT2D eigenvalue weighted by molar-refractivity contribution is -0.947. The van der Waals surface area contributed by atoms with Crippen molar-refractivity contribution in [3.8, 4) is 5.75 Å². The molecule has 3 aromatic rings. The first-order valence-corrected chi connectivity index (χ1v) is 11.0. The average Bonchev–Trinajstić information content (AvgIpc) is 2.80. The Kier molecular flexibility index (Phi) is 7.17. The quantitative estimate of drug-likeness (QED) is 0.456. The van der Waals surface area contributed by atoms with Gasteiger partial charge < -0.3 is 14.0 Å². The summed E-state index contributed by atoms with van der Waals surface area (Å²) in [6.45, 7) is 6.92. The number of morpholine rings is 1. The normalized spacial score (nSPS) is 15.6. The lowest BCUT2D eigenvalue weighted by Gasteiger charge is -2.41. The van der Waals surface area contributed by atoms with Crippen LogP contribution in [0.2, 0.25) is 0 Å². The van der Waals surface area contributed by atoms with Gasteiger partial charge in [0, 0.05) is 12.0 Å². The summed E-state index contributed by atoms with van der Waals surface area (Å²) in [6, 6.07) is 29.8. The lowest BCUT2D eigenvalue weighted by atomic mass is 10.1. The largest absolute Gasteiger partial charge is 0.489 e. The molecule has 3 nitrogen and oxygen atoms in total. The summed E-state index contributed by atoms with van der Waals surface area (Å²) < 4.78 is 12.7. The fraction of sp³-hybridized carbons (Fsp3) is 0.333. The smallest absolute Gasteiger partial charge is 0.119 e. The van der Waals surface area contributed by atoms with Crippen molar-refractivity contribution in [3.05, 3.63) is 102 Å². The van der Waals surface area contributed by atoms with Gasteiger partial charge in [0.1, 0.15) is 32.0 Å². The number of aryl methyl sites for hydroxylation is 1. The van der Waals surface area contributed by atoms with Crippen molar-refractivity contribution in [2.45, 2.75) is 26.0 Å². The highest BCUT2D eigenvalue weighted by Gasteiger charge is 2.30. The number of quaternary nitrogens is 1. The summed E-state index contributed by atoms with van der Waals surface area (Å²) >= 11 is 0. The van der Waals surface area contributed by atoms with E-state index in [1.165, 1.54) is 29.7 Å². The fourth-order valence-corrected chi connectivity index (χ4v) is 4.27. The van der Waals surface area contributed by atoms with Crippen molar-refractivity contribution in [1.29, 1.82) is 0 Å². The molecule has 0 bridgehead atoms. The number of nitrogens with zero attached hydrogens (tertiary/aromatic N) is 1. The van der Waals surface area contributed by atoms with E-state index in [9.17, 15) is 0 Å². The van der Waals surface area contributed by atoms with Gasteiger partial charge in [0.05, 0.1) is 19.8 Å². The summed E-state index contributed by atoms with van der Waals surface area (Å²) in [7, 11) is 0. The molecule has 156 valence electrons. The first kappa shape index (κ1) is 20.6. The van der Waals surface area contributed by atoms with E-state index in [4.69, 9.17) is 9.47 Å². The number of hydrogen-bond acceptors (Lipinski definition) is 2. The molecule has 1 saturated heterocycles. The van der Waals surface area contributed by atoms with Crippen LogP contribution in [-0.2, 0) is 24.3 Å². The molecule has 3 heteroatoms. The molecule has 0 aliphatic carbocycles. The topological polar surface area (TPSA) is 18.5 Å². The van der Waals surface area contributed by atoms with E-state index in [-0.39, 0.29) is 0 Å². The van der Waals surface area contributed by atoms with Crippen LogP contribution in [0.15, 0.2) is 84.9 Å². The van der Waals surface area contributed by atoms with Gasteiger partial charge >= 0.3 is 0 Å². The van der Waals surface area contributed by atoms with Crippen molar-refractivity contribution in [1.82, 2.24) is 0 Å². The third-order valence-corrected chi connectivity index (χ3v) is 6.05. The van der Waals surface area contributed by atoms with Crippen molar-refractivity contribution in [2.24, 2.45) is 0 Å². The maximum Gasteiger partial charge on any atom is 0.119 e. The van der Waals surface area contributed by atoms with Crippen LogP contribution in [0, 0.1) is 0 Å². The first-order chi connectivity index (χ1) is 14.8. The van der Waals surface area contributed by atoms with Crippen LogP contribution in [0.4, 0.5) is 0 Å². The van der Waals surface area contributed by atoms with E-state index in [0.29, 0.717) is 6.61 Å². The average molecular weight is 403 g/mol. The van der Waals surface area contributed by atoms with Gasteiger partial charge in [0.15, 0.2) is 0 Å². The molecule has 3 aromatic carbocycles. The molecule has 0 aromatic heterocycles. The number of benzene rings is 3.